The van der Waals surface area contributed by atoms with Gasteiger partial charge < -0.3 is 9.47 Å². The molecular weight excluding hydrogens is 432 g/mol. The fraction of sp³-hybridized carbons (Fsp3) is 0.444. The van der Waals surface area contributed by atoms with E-state index in [1.165, 1.54) is 15.4 Å². The van der Waals surface area contributed by atoms with Crippen molar-refractivity contribution in [1.29, 1.82) is 0 Å². The van der Waals surface area contributed by atoms with Gasteiger partial charge in [-0.1, -0.05) is 38.1 Å². The second-order valence-electron chi connectivity index (χ2n) is 9.49. The van der Waals surface area contributed by atoms with Crippen molar-refractivity contribution in [3.05, 3.63) is 58.7 Å². The summed E-state index contributed by atoms with van der Waals surface area (Å²) in [6.45, 7) is 13.5. The molecular formula is C27H34N2O5. The number of esters is 1. The molecule has 2 aromatic rings. The monoisotopic (exact) mass is 466 g/mol. The van der Waals surface area contributed by atoms with Crippen LogP contribution in [0.2, 0.25) is 0 Å². The van der Waals surface area contributed by atoms with Gasteiger partial charge in [0.1, 0.15) is 12.3 Å². The standard InChI is InChI=1S/C27H34N2O5/c1-8-33-25(31)27(6,7)34-24-18(4)13-20(14-19(24)5)15-29-23(30)16-28(26(29)32)22-11-9-21(10-12-22)17(2)3/h9-14,17H,8,15-16H2,1-7H3. The third kappa shape index (κ3) is 5.24. The van der Waals surface area contributed by atoms with E-state index in [0.29, 0.717) is 17.4 Å². The Morgan fingerprint density at radius 1 is 1.06 bits per heavy atom. The first-order valence-electron chi connectivity index (χ1n) is 11.6. The van der Waals surface area contributed by atoms with E-state index in [4.69, 9.17) is 9.47 Å². The lowest BCUT2D eigenvalue weighted by Gasteiger charge is -2.26. The quantitative estimate of drug-likeness (QED) is 0.399. The molecule has 0 unspecified atom stereocenters. The van der Waals surface area contributed by atoms with E-state index in [-0.39, 0.29) is 31.6 Å². The number of imide groups is 1. The van der Waals surface area contributed by atoms with Crippen molar-refractivity contribution in [2.45, 2.75) is 66.5 Å². The summed E-state index contributed by atoms with van der Waals surface area (Å²) in [5, 5.41) is 0. The third-order valence-corrected chi connectivity index (χ3v) is 5.91. The van der Waals surface area contributed by atoms with Gasteiger partial charge in [0, 0.05) is 5.69 Å². The van der Waals surface area contributed by atoms with Gasteiger partial charge >= 0.3 is 12.0 Å². The van der Waals surface area contributed by atoms with Gasteiger partial charge in [0.25, 0.3) is 5.91 Å². The molecule has 1 fully saturated rings. The molecule has 0 atom stereocenters. The lowest BCUT2D eigenvalue weighted by molar-refractivity contribution is -0.158. The zero-order chi connectivity index (χ0) is 25.2. The van der Waals surface area contributed by atoms with Gasteiger partial charge in [-0.3, -0.25) is 14.6 Å². The van der Waals surface area contributed by atoms with E-state index >= 15 is 0 Å². The highest BCUT2D eigenvalue weighted by molar-refractivity contribution is 6.12. The van der Waals surface area contributed by atoms with Crippen LogP contribution in [0.25, 0.3) is 0 Å². The summed E-state index contributed by atoms with van der Waals surface area (Å²) in [4.78, 5) is 40.8. The van der Waals surface area contributed by atoms with E-state index in [0.717, 1.165) is 16.7 Å². The highest BCUT2D eigenvalue weighted by Crippen LogP contribution is 2.31. The first-order chi connectivity index (χ1) is 15.9. The van der Waals surface area contributed by atoms with E-state index in [9.17, 15) is 14.4 Å². The number of benzene rings is 2. The SMILES string of the molecule is CCOC(=O)C(C)(C)Oc1c(C)cc(CN2C(=O)CN(c3ccc(C(C)C)cc3)C2=O)cc1C. The fourth-order valence-electron chi connectivity index (χ4n) is 4.01. The Balaban J connectivity index is 1.77. The lowest BCUT2D eigenvalue weighted by atomic mass is 10.0. The maximum atomic E-state index is 13.1. The average molecular weight is 467 g/mol. The van der Waals surface area contributed by atoms with Crippen LogP contribution in [0, 0.1) is 13.8 Å². The van der Waals surface area contributed by atoms with Gasteiger partial charge in [-0.25, -0.2) is 9.59 Å². The van der Waals surface area contributed by atoms with Crippen molar-refractivity contribution in [3.8, 4) is 5.75 Å². The molecule has 0 bridgehead atoms. The molecule has 7 heteroatoms. The van der Waals surface area contributed by atoms with Crippen molar-refractivity contribution < 1.29 is 23.9 Å². The summed E-state index contributed by atoms with van der Waals surface area (Å²) < 4.78 is 11.1. The van der Waals surface area contributed by atoms with Crippen molar-refractivity contribution in [1.82, 2.24) is 4.90 Å². The number of carbonyl (C=O) groups is 3. The van der Waals surface area contributed by atoms with Gasteiger partial charge in [-0.2, -0.15) is 0 Å². The fourth-order valence-corrected chi connectivity index (χ4v) is 4.01. The number of urea groups is 1. The minimum Gasteiger partial charge on any atom is -0.476 e. The molecule has 0 aliphatic carbocycles. The Morgan fingerprint density at radius 3 is 2.18 bits per heavy atom. The molecule has 182 valence electrons. The maximum absolute atomic E-state index is 13.1. The Bertz CT molecular complexity index is 1070. The van der Waals surface area contributed by atoms with Crippen molar-refractivity contribution >= 4 is 23.6 Å². The third-order valence-electron chi connectivity index (χ3n) is 5.91. The van der Waals surface area contributed by atoms with Crippen LogP contribution in [0.3, 0.4) is 0 Å². The summed E-state index contributed by atoms with van der Waals surface area (Å²) in [6.07, 6.45) is 0. The summed E-state index contributed by atoms with van der Waals surface area (Å²) in [6, 6.07) is 11.2. The Hall–Kier alpha value is -3.35. The number of aryl methyl sites for hydroxylation is 2. The van der Waals surface area contributed by atoms with Gasteiger partial charge in [-0.05, 0) is 74.9 Å². The van der Waals surface area contributed by atoms with Crippen LogP contribution in [0.1, 0.15) is 62.8 Å². The van der Waals surface area contributed by atoms with Gasteiger partial charge in [0.2, 0.25) is 0 Å². The molecule has 1 saturated heterocycles. The number of carbonyl (C=O) groups excluding carboxylic acids is 3. The lowest BCUT2D eigenvalue weighted by Crippen LogP contribution is -2.40. The minimum atomic E-state index is -1.14. The summed E-state index contributed by atoms with van der Waals surface area (Å²) in [5.74, 6) is 0.306. The molecule has 1 heterocycles. The predicted octanol–water partition coefficient (Wildman–Crippen LogP) is 5.12. The number of hydrogen-bond acceptors (Lipinski definition) is 5. The molecule has 3 rings (SSSR count). The number of anilines is 1. The highest BCUT2D eigenvalue weighted by Gasteiger charge is 2.37. The molecule has 0 saturated carbocycles. The molecule has 7 nitrogen and oxygen atoms in total. The highest BCUT2D eigenvalue weighted by atomic mass is 16.6. The molecule has 34 heavy (non-hydrogen) atoms. The van der Waals surface area contributed by atoms with Crippen molar-refractivity contribution in [2.24, 2.45) is 0 Å². The molecule has 1 aliphatic rings. The molecule has 0 aromatic heterocycles. The Morgan fingerprint density at radius 2 is 1.65 bits per heavy atom. The van der Waals surface area contributed by atoms with Crippen LogP contribution in [-0.4, -0.2) is 41.6 Å². The summed E-state index contributed by atoms with van der Waals surface area (Å²) >= 11 is 0. The van der Waals surface area contributed by atoms with Gasteiger partial charge in [0.15, 0.2) is 5.60 Å². The number of hydrogen-bond donors (Lipinski definition) is 0. The van der Waals surface area contributed by atoms with Crippen molar-refractivity contribution in [3.63, 3.8) is 0 Å². The number of nitrogens with zero attached hydrogens (tertiary/aromatic N) is 2. The molecule has 3 amide bonds. The predicted molar refractivity (Wildman–Crippen MR) is 131 cm³/mol. The molecule has 2 aromatic carbocycles. The number of ether oxygens (including phenoxy) is 2. The van der Waals surface area contributed by atoms with E-state index in [2.05, 4.69) is 13.8 Å². The topological polar surface area (TPSA) is 76.2 Å². The second kappa shape index (κ2) is 9.87. The van der Waals surface area contributed by atoms with Gasteiger partial charge in [-0.15, -0.1) is 0 Å². The van der Waals surface area contributed by atoms with Crippen LogP contribution < -0.4 is 9.64 Å². The maximum Gasteiger partial charge on any atom is 0.349 e. The minimum absolute atomic E-state index is 0.0206. The first-order valence-corrected chi connectivity index (χ1v) is 11.6. The summed E-state index contributed by atoms with van der Waals surface area (Å²) in [5.41, 5.74) is 3.19. The van der Waals surface area contributed by atoms with E-state index < -0.39 is 11.6 Å². The normalized spacial score (nSPS) is 14.2. The van der Waals surface area contributed by atoms with Crippen molar-refractivity contribution in [2.75, 3.05) is 18.1 Å². The molecule has 0 spiro atoms. The average Bonchev–Trinajstić information content (AvgIpc) is 3.05. The van der Waals surface area contributed by atoms with Crippen LogP contribution in [0.4, 0.5) is 10.5 Å². The van der Waals surface area contributed by atoms with Gasteiger partial charge in [0.05, 0.1) is 13.2 Å². The van der Waals surface area contributed by atoms with Crippen LogP contribution in [0.5, 0.6) is 5.75 Å². The largest absolute Gasteiger partial charge is 0.476 e. The smallest absolute Gasteiger partial charge is 0.349 e. The summed E-state index contributed by atoms with van der Waals surface area (Å²) in [7, 11) is 0. The first kappa shape index (κ1) is 25.3. The zero-order valence-corrected chi connectivity index (χ0v) is 21.1. The number of rotatable bonds is 8. The van der Waals surface area contributed by atoms with Crippen LogP contribution >= 0.6 is 0 Å². The second-order valence-corrected chi connectivity index (χ2v) is 9.49. The van der Waals surface area contributed by atoms with Crippen LogP contribution in [-0.2, 0) is 20.9 Å². The molecule has 0 radical (unpaired) electrons. The molecule has 0 N–H and O–H groups in total. The van der Waals surface area contributed by atoms with E-state index in [1.807, 2.05) is 50.2 Å². The zero-order valence-electron chi connectivity index (χ0n) is 21.1. The molecule has 1 aliphatic heterocycles. The Kier molecular flexibility index (Phi) is 7.34. The van der Waals surface area contributed by atoms with E-state index in [1.54, 1.807) is 20.8 Å². The van der Waals surface area contributed by atoms with Crippen LogP contribution in [0.15, 0.2) is 36.4 Å². The number of amides is 3. The Labute approximate surface area is 201 Å².